The SMILES string of the molecule is CCC(CC)COC(=O)CNP(Cl)Oc1ccccc1. The Morgan fingerprint density at radius 3 is 2.55 bits per heavy atom. The van der Waals surface area contributed by atoms with Crippen LogP contribution in [0.25, 0.3) is 0 Å². The van der Waals surface area contributed by atoms with Crippen molar-refractivity contribution < 1.29 is 14.1 Å². The second-order valence-corrected chi connectivity index (χ2v) is 6.26. The highest BCUT2D eigenvalue weighted by molar-refractivity contribution is 7.78. The van der Waals surface area contributed by atoms with E-state index in [1.54, 1.807) is 0 Å². The zero-order chi connectivity index (χ0) is 14.8. The molecule has 1 rings (SSSR count). The van der Waals surface area contributed by atoms with Crippen LogP contribution in [-0.2, 0) is 9.53 Å². The van der Waals surface area contributed by atoms with Crippen molar-refractivity contribution in [2.45, 2.75) is 26.7 Å². The largest absolute Gasteiger partial charge is 0.464 e. The number of nitrogens with one attached hydrogen (secondary N) is 1. The Balaban J connectivity index is 2.20. The molecular weight excluding hydrogens is 297 g/mol. The normalized spacial score (nSPS) is 12.2. The summed E-state index contributed by atoms with van der Waals surface area (Å²) in [6.07, 6.45) is 2.02. The smallest absolute Gasteiger partial charge is 0.320 e. The first kappa shape index (κ1) is 17.2. The number of benzene rings is 1. The molecule has 0 radical (unpaired) electrons. The third-order valence-electron chi connectivity index (χ3n) is 2.91. The number of hydrogen-bond donors (Lipinski definition) is 1. The van der Waals surface area contributed by atoms with E-state index in [9.17, 15) is 4.79 Å². The molecule has 0 heterocycles. The topological polar surface area (TPSA) is 47.6 Å². The Kier molecular flexibility index (Phi) is 8.59. The molecule has 1 aromatic rings. The number of carbonyl (C=O) groups excluding carboxylic acids is 1. The van der Waals surface area contributed by atoms with Crippen molar-refractivity contribution in [3.05, 3.63) is 30.3 Å². The fraction of sp³-hybridized carbons (Fsp3) is 0.500. The average molecular weight is 318 g/mol. The van der Waals surface area contributed by atoms with Crippen LogP contribution in [0.5, 0.6) is 5.75 Å². The average Bonchev–Trinajstić information content (AvgIpc) is 2.47. The molecular formula is C14H21ClNO3P. The molecule has 0 bridgehead atoms. The van der Waals surface area contributed by atoms with E-state index in [1.807, 2.05) is 30.3 Å². The Labute approximate surface area is 126 Å². The van der Waals surface area contributed by atoms with Crippen LogP contribution in [0.15, 0.2) is 30.3 Å². The van der Waals surface area contributed by atoms with Crippen molar-refractivity contribution in [3.63, 3.8) is 0 Å². The number of halogens is 1. The van der Waals surface area contributed by atoms with Gasteiger partial charge in [-0.15, -0.1) is 0 Å². The van der Waals surface area contributed by atoms with Crippen LogP contribution in [0.3, 0.4) is 0 Å². The van der Waals surface area contributed by atoms with Gasteiger partial charge in [-0.3, -0.25) is 4.79 Å². The molecule has 0 aromatic heterocycles. The van der Waals surface area contributed by atoms with Gasteiger partial charge < -0.3 is 9.26 Å². The predicted octanol–water partition coefficient (Wildman–Crippen LogP) is 4.10. The summed E-state index contributed by atoms with van der Waals surface area (Å²) < 4.78 is 10.6. The van der Waals surface area contributed by atoms with E-state index in [0.717, 1.165) is 12.8 Å². The van der Waals surface area contributed by atoms with Crippen LogP contribution in [0, 0.1) is 5.92 Å². The molecule has 0 amide bonds. The van der Waals surface area contributed by atoms with Crippen LogP contribution >= 0.6 is 18.9 Å². The molecule has 0 saturated carbocycles. The maximum absolute atomic E-state index is 11.5. The number of esters is 1. The summed E-state index contributed by atoms with van der Waals surface area (Å²) in [4.78, 5) is 11.5. The quantitative estimate of drug-likeness (QED) is 0.550. The third-order valence-corrected chi connectivity index (χ3v) is 4.25. The minimum atomic E-state index is -1.40. The summed E-state index contributed by atoms with van der Waals surface area (Å²) in [7, 11) is -1.40. The molecule has 4 nitrogen and oxygen atoms in total. The maximum atomic E-state index is 11.5. The lowest BCUT2D eigenvalue weighted by Gasteiger charge is -2.14. The van der Waals surface area contributed by atoms with Gasteiger partial charge in [0.2, 0.25) is 0 Å². The molecule has 20 heavy (non-hydrogen) atoms. The summed E-state index contributed by atoms with van der Waals surface area (Å²) in [5.74, 6) is 0.797. The molecule has 0 spiro atoms. The second-order valence-electron chi connectivity index (χ2n) is 4.35. The highest BCUT2D eigenvalue weighted by Crippen LogP contribution is 2.38. The van der Waals surface area contributed by atoms with E-state index in [0.29, 0.717) is 18.3 Å². The fourth-order valence-electron chi connectivity index (χ4n) is 1.52. The van der Waals surface area contributed by atoms with E-state index in [4.69, 9.17) is 20.5 Å². The van der Waals surface area contributed by atoms with Gasteiger partial charge in [0.25, 0.3) is 7.65 Å². The minimum Gasteiger partial charge on any atom is -0.464 e. The number of carbonyl (C=O) groups is 1. The molecule has 0 saturated heterocycles. The Bertz CT molecular complexity index is 387. The van der Waals surface area contributed by atoms with Gasteiger partial charge in [0.05, 0.1) is 6.61 Å². The van der Waals surface area contributed by atoms with Crippen LogP contribution in [0.2, 0.25) is 0 Å². The molecule has 0 aliphatic rings. The summed E-state index contributed by atoms with van der Waals surface area (Å²) in [5.41, 5.74) is 0. The van der Waals surface area contributed by atoms with E-state index in [1.165, 1.54) is 0 Å². The van der Waals surface area contributed by atoms with Crippen LogP contribution in [-0.4, -0.2) is 19.1 Å². The van der Waals surface area contributed by atoms with Gasteiger partial charge in [-0.2, -0.15) is 0 Å². The first-order valence-corrected chi connectivity index (χ1v) is 8.90. The molecule has 112 valence electrons. The first-order chi connectivity index (χ1) is 9.65. The first-order valence-electron chi connectivity index (χ1n) is 6.73. The zero-order valence-electron chi connectivity index (χ0n) is 11.8. The monoisotopic (exact) mass is 317 g/mol. The molecule has 0 aliphatic heterocycles. The zero-order valence-corrected chi connectivity index (χ0v) is 13.5. The summed E-state index contributed by atoms with van der Waals surface area (Å²) >= 11 is 6.00. The Morgan fingerprint density at radius 2 is 1.95 bits per heavy atom. The standard InChI is InChI=1S/C14H21ClNO3P/c1-3-12(4-2)11-18-14(17)10-16-20(15)19-13-8-6-5-7-9-13/h5-9,12,16H,3-4,10-11H2,1-2H3. The van der Waals surface area contributed by atoms with Crippen LogP contribution in [0.1, 0.15) is 26.7 Å². The minimum absolute atomic E-state index is 0.0577. The summed E-state index contributed by atoms with van der Waals surface area (Å²) in [6, 6.07) is 9.24. The van der Waals surface area contributed by atoms with Crippen molar-refractivity contribution in [2.24, 2.45) is 5.92 Å². The molecule has 6 heteroatoms. The van der Waals surface area contributed by atoms with Crippen molar-refractivity contribution in [2.75, 3.05) is 13.2 Å². The molecule has 1 atom stereocenters. The van der Waals surface area contributed by atoms with Crippen molar-refractivity contribution in [1.82, 2.24) is 5.09 Å². The van der Waals surface area contributed by atoms with Crippen molar-refractivity contribution >= 4 is 24.9 Å². The molecule has 1 aromatic carbocycles. The van der Waals surface area contributed by atoms with E-state index < -0.39 is 7.65 Å². The second kappa shape index (κ2) is 9.98. The van der Waals surface area contributed by atoms with Crippen LogP contribution in [0.4, 0.5) is 0 Å². The number of rotatable bonds is 9. The highest BCUT2D eigenvalue weighted by Gasteiger charge is 2.12. The maximum Gasteiger partial charge on any atom is 0.320 e. The fourth-order valence-corrected chi connectivity index (χ4v) is 2.56. The van der Waals surface area contributed by atoms with E-state index in [2.05, 4.69) is 18.9 Å². The lowest BCUT2D eigenvalue weighted by atomic mass is 10.1. The Morgan fingerprint density at radius 1 is 1.30 bits per heavy atom. The van der Waals surface area contributed by atoms with Gasteiger partial charge in [0.1, 0.15) is 12.3 Å². The van der Waals surface area contributed by atoms with Crippen LogP contribution < -0.4 is 9.61 Å². The molecule has 1 N–H and O–H groups in total. The number of hydrogen-bond acceptors (Lipinski definition) is 4. The number of ether oxygens (including phenoxy) is 1. The molecule has 0 fully saturated rings. The predicted molar refractivity (Wildman–Crippen MR) is 82.9 cm³/mol. The van der Waals surface area contributed by atoms with Crippen molar-refractivity contribution in [3.8, 4) is 5.75 Å². The summed E-state index contributed by atoms with van der Waals surface area (Å²) in [6.45, 7) is 4.70. The van der Waals surface area contributed by atoms with Crippen molar-refractivity contribution in [1.29, 1.82) is 0 Å². The highest BCUT2D eigenvalue weighted by atomic mass is 35.7. The molecule has 0 aliphatic carbocycles. The van der Waals surface area contributed by atoms with Gasteiger partial charge in [-0.1, -0.05) is 44.9 Å². The lowest BCUT2D eigenvalue weighted by molar-refractivity contribution is -0.143. The van der Waals surface area contributed by atoms with Gasteiger partial charge in [-0.05, 0) is 29.3 Å². The van der Waals surface area contributed by atoms with Gasteiger partial charge >= 0.3 is 5.97 Å². The van der Waals surface area contributed by atoms with E-state index in [-0.39, 0.29) is 12.5 Å². The van der Waals surface area contributed by atoms with E-state index >= 15 is 0 Å². The van der Waals surface area contributed by atoms with Gasteiger partial charge in [-0.25, -0.2) is 5.09 Å². The van der Waals surface area contributed by atoms with Gasteiger partial charge in [0.15, 0.2) is 0 Å². The third kappa shape index (κ3) is 7.09. The van der Waals surface area contributed by atoms with Gasteiger partial charge in [0, 0.05) is 0 Å². The lowest BCUT2D eigenvalue weighted by Crippen LogP contribution is -2.23. The summed E-state index contributed by atoms with van der Waals surface area (Å²) in [5, 5.41) is 2.82. The molecule has 1 unspecified atom stereocenters. The Hall–Kier alpha value is -0.830. The number of para-hydroxylation sites is 1.